The van der Waals surface area contributed by atoms with Crippen molar-refractivity contribution in [2.45, 2.75) is 27.4 Å². The lowest BCUT2D eigenvalue weighted by Crippen LogP contribution is -2.08. The van der Waals surface area contributed by atoms with Crippen molar-refractivity contribution in [3.8, 4) is 23.0 Å². The van der Waals surface area contributed by atoms with Gasteiger partial charge in [-0.25, -0.2) is 0 Å². The van der Waals surface area contributed by atoms with Gasteiger partial charge in [0.15, 0.2) is 11.5 Å². The summed E-state index contributed by atoms with van der Waals surface area (Å²) < 4.78 is 23.3. The van der Waals surface area contributed by atoms with Gasteiger partial charge in [-0.05, 0) is 50.6 Å². The fourth-order valence-corrected chi connectivity index (χ4v) is 3.25. The Labute approximate surface area is 180 Å². The van der Waals surface area contributed by atoms with Gasteiger partial charge in [0.1, 0.15) is 23.7 Å². The van der Waals surface area contributed by atoms with Crippen LogP contribution in [0.1, 0.15) is 23.8 Å². The Morgan fingerprint density at radius 2 is 1.61 bits per heavy atom. The van der Waals surface area contributed by atoms with Crippen molar-refractivity contribution in [2.24, 2.45) is 0 Å². The summed E-state index contributed by atoms with van der Waals surface area (Å²) in [5, 5.41) is 0.428. The molecule has 0 aliphatic rings. The third-order valence-electron chi connectivity index (χ3n) is 4.87. The third kappa shape index (κ3) is 4.56. The maximum atomic E-state index is 13.1. The molecule has 0 unspecified atom stereocenters. The van der Waals surface area contributed by atoms with Gasteiger partial charge in [0.25, 0.3) is 0 Å². The Bertz CT molecular complexity index is 1260. The van der Waals surface area contributed by atoms with Gasteiger partial charge in [-0.15, -0.1) is 0 Å². The van der Waals surface area contributed by atoms with Crippen LogP contribution in [0.3, 0.4) is 0 Å². The topological polar surface area (TPSA) is 57.9 Å². The van der Waals surface area contributed by atoms with E-state index in [1.54, 1.807) is 37.3 Å². The molecule has 4 rings (SSSR count). The Kier molecular flexibility index (Phi) is 5.94. The maximum absolute atomic E-state index is 13.1. The van der Waals surface area contributed by atoms with Crippen molar-refractivity contribution >= 4 is 11.0 Å². The van der Waals surface area contributed by atoms with Gasteiger partial charge in [0.05, 0.1) is 12.0 Å². The number of benzene rings is 3. The van der Waals surface area contributed by atoms with Gasteiger partial charge < -0.3 is 18.6 Å². The molecule has 1 aromatic heterocycles. The lowest BCUT2D eigenvalue weighted by Gasteiger charge is -2.13. The van der Waals surface area contributed by atoms with Crippen LogP contribution in [0.15, 0.2) is 75.9 Å². The first-order chi connectivity index (χ1) is 15.0. The van der Waals surface area contributed by atoms with E-state index < -0.39 is 0 Å². The molecule has 1 heterocycles. The molecule has 0 N–H and O–H groups in total. The van der Waals surface area contributed by atoms with Gasteiger partial charge in [0, 0.05) is 6.07 Å². The Morgan fingerprint density at radius 3 is 2.35 bits per heavy atom. The number of fused-ring (bicyclic) bond motifs is 1. The molecule has 0 radical (unpaired) electrons. The largest absolute Gasteiger partial charge is 0.490 e. The second-order valence-corrected chi connectivity index (χ2v) is 7.23. The maximum Gasteiger partial charge on any atom is 0.235 e. The molecule has 0 saturated heterocycles. The highest BCUT2D eigenvalue weighted by molar-refractivity contribution is 5.79. The smallest absolute Gasteiger partial charge is 0.235 e. The average molecular weight is 416 g/mol. The summed E-state index contributed by atoms with van der Waals surface area (Å²) in [7, 11) is 0. The first-order valence-electron chi connectivity index (χ1n) is 10.2. The van der Waals surface area contributed by atoms with E-state index in [0.717, 1.165) is 5.56 Å². The van der Waals surface area contributed by atoms with Crippen LogP contribution in [0.5, 0.6) is 23.0 Å². The molecule has 5 heteroatoms. The summed E-state index contributed by atoms with van der Waals surface area (Å²) >= 11 is 0. The molecule has 0 aliphatic carbocycles. The summed E-state index contributed by atoms with van der Waals surface area (Å²) in [5.74, 6) is 2.21. The first-order valence-corrected chi connectivity index (χ1v) is 10.2. The second-order valence-electron chi connectivity index (χ2n) is 7.23. The highest BCUT2D eigenvalue weighted by Gasteiger charge is 2.16. The van der Waals surface area contributed by atoms with Gasteiger partial charge in [-0.2, -0.15) is 0 Å². The van der Waals surface area contributed by atoms with Gasteiger partial charge in [-0.1, -0.05) is 42.0 Å². The third-order valence-corrected chi connectivity index (χ3v) is 4.87. The van der Waals surface area contributed by atoms with E-state index in [0.29, 0.717) is 47.2 Å². The summed E-state index contributed by atoms with van der Waals surface area (Å²) in [6.07, 6.45) is 0. The lowest BCUT2D eigenvalue weighted by molar-refractivity contribution is 0.306. The van der Waals surface area contributed by atoms with E-state index in [9.17, 15) is 4.79 Å². The van der Waals surface area contributed by atoms with Crippen LogP contribution < -0.4 is 19.6 Å². The van der Waals surface area contributed by atoms with Crippen molar-refractivity contribution in [3.05, 3.63) is 93.8 Å². The van der Waals surface area contributed by atoms with E-state index in [1.807, 2.05) is 50.2 Å². The second kappa shape index (κ2) is 8.96. The van der Waals surface area contributed by atoms with Crippen molar-refractivity contribution in [3.63, 3.8) is 0 Å². The molecule has 0 aliphatic heterocycles. The quantitative estimate of drug-likeness (QED) is 0.360. The van der Waals surface area contributed by atoms with Gasteiger partial charge in [-0.3, -0.25) is 4.79 Å². The molecule has 0 fully saturated rings. The predicted octanol–water partition coefficient (Wildman–Crippen LogP) is 6.18. The Morgan fingerprint density at radius 1 is 0.871 bits per heavy atom. The minimum absolute atomic E-state index is 0.146. The number of hydrogen-bond acceptors (Lipinski definition) is 5. The van der Waals surface area contributed by atoms with Gasteiger partial charge in [0.2, 0.25) is 11.2 Å². The van der Waals surface area contributed by atoms with E-state index >= 15 is 0 Å². The van der Waals surface area contributed by atoms with Crippen LogP contribution in [0.25, 0.3) is 11.0 Å². The van der Waals surface area contributed by atoms with E-state index in [4.69, 9.17) is 18.6 Å². The molecule has 0 spiro atoms. The number of hydrogen-bond donors (Lipinski definition) is 0. The van der Waals surface area contributed by atoms with Gasteiger partial charge >= 0.3 is 0 Å². The number of para-hydroxylation sites is 2. The first kappa shape index (κ1) is 20.5. The zero-order valence-corrected chi connectivity index (χ0v) is 17.8. The summed E-state index contributed by atoms with van der Waals surface area (Å²) in [6.45, 7) is 6.58. The van der Waals surface area contributed by atoms with Crippen LogP contribution in [0.4, 0.5) is 0 Å². The summed E-state index contributed by atoms with van der Waals surface area (Å²) in [4.78, 5) is 13.1. The van der Waals surface area contributed by atoms with Crippen molar-refractivity contribution in [1.82, 2.24) is 0 Å². The minimum Gasteiger partial charge on any atom is -0.490 e. The van der Waals surface area contributed by atoms with Crippen molar-refractivity contribution in [2.75, 3.05) is 6.61 Å². The normalized spacial score (nSPS) is 10.8. The standard InChI is InChI=1S/C26H24O5/c1-4-28-22-7-5-6-8-23(22)31-26-18(3)30-24-15-20(13-14-21(24)25(26)27)29-16-19-11-9-17(2)10-12-19/h5-15H,4,16H2,1-3H3. The van der Waals surface area contributed by atoms with Crippen LogP contribution in [0, 0.1) is 13.8 Å². The lowest BCUT2D eigenvalue weighted by atomic mass is 10.1. The SMILES string of the molecule is CCOc1ccccc1Oc1c(C)oc2cc(OCc3ccc(C)cc3)ccc2c1=O. The van der Waals surface area contributed by atoms with Crippen LogP contribution in [-0.2, 0) is 6.61 Å². The molecule has 0 bridgehead atoms. The summed E-state index contributed by atoms with van der Waals surface area (Å²) in [5.41, 5.74) is 2.48. The zero-order chi connectivity index (χ0) is 21.8. The predicted molar refractivity (Wildman–Crippen MR) is 120 cm³/mol. The van der Waals surface area contributed by atoms with Crippen LogP contribution in [0.2, 0.25) is 0 Å². The van der Waals surface area contributed by atoms with E-state index in [-0.39, 0.29) is 11.2 Å². The molecule has 3 aromatic carbocycles. The fraction of sp³-hybridized carbons (Fsp3) is 0.192. The molecule has 5 nitrogen and oxygen atoms in total. The van der Waals surface area contributed by atoms with Crippen LogP contribution >= 0.6 is 0 Å². The van der Waals surface area contributed by atoms with Crippen molar-refractivity contribution < 1.29 is 18.6 Å². The monoisotopic (exact) mass is 416 g/mol. The Hall–Kier alpha value is -3.73. The zero-order valence-electron chi connectivity index (χ0n) is 17.8. The molecular weight excluding hydrogens is 392 g/mol. The molecule has 31 heavy (non-hydrogen) atoms. The average Bonchev–Trinajstić information content (AvgIpc) is 2.77. The van der Waals surface area contributed by atoms with E-state index in [1.165, 1.54) is 5.56 Å². The minimum atomic E-state index is -0.241. The molecule has 158 valence electrons. The Balaban J connectivity index is 1.61. The van der Waals surface area contributed by atoms with E-state index in [2.05, 4.69) is 0 Å². The number of aryl methyl sites for hydroxylation is 2. The molecule has 0 atom stereocenters. The van der Waals surface area contributed by atoms with Crippen molar-refractivity contribution in [1.29, 1.82) is 0 Å². The highest BCUT2D eigenvalue weighted by Crippen LogP contribution is 2.33. The number of ether oxygens (including phenoxy) is 3. The molecular formula is C26H24O5. The fourth-order valence-electron chi connectivity index (χ4n) is 3.25. The number of rotatable bonds is 7. The van der Waals surface area contributed by atoms with Crippen LogP contribution in [-0.4, -0.2) is 6.61 Å². The molecule has 0 saturated carbocycles. The molecule has 4 aromatic rings. The summed E-state index contributed by atoms with van der Waals surface area (Å²) in [6, 6.07) is 20.6. The molecule has 0 amide bonds. The highest BCUT2D eigenvalue weighted by atomic mass is 16.5.